The number of nitrogens with zero attached hydrogens (tertiary/aromatic N) is 2. The lowest BCUT2D eigenvalue weighted by Crippen LogP contribution is -2.37. The number of carbonyl (C=O) groups excluding carboxylic acids is 1. The van der Waals surface area contributed by atoms with E-state index in [4.69, 9.17) is 0 Å². The predicted octanol–water partition coefficient (Wildman–Crippen LogP) is 1.92. The van der Waals surface area contributed by atoms with Crippen molar-refractivity contribution in [2.45, 2.75) is 0 Å². The van der Waals surface area contributed by atoms with Gasteiger partial charge in [0.2, 0.25) is 5.82 Å². The average molecular weight is 270 g/mol. The van der Waals surface area contributed by atoms with Gasteiger partial charge in [-0.15, -0.1) is 0 Å². The van der Waals surface area contributed by atoms with Crippen molar-refractivity contribution in [3.8, 4) is 0 Å². The number of nitro benzene ring substituents is 1. The number of nitro groups is 1. The van der Waals surface area contributed by atoms with Gasteiger partial charge in [0, 0.05) is 36.2 Å². The van der Waals surface area contributed by atoms with Gasteiger partial charge in [0.15, 0.2) is 0 Å². The van der Waals surface area contributed by atoms with Gasteiger partial charge in [-0.3, -0.25) is 14.9 Å². The third kappa shape index (κ3) is 2.61. The van der Waals surface area contributed by atoms with E-state index in [9.17, 15) is 19.3 Å². The molecule has 0 N–H and O–H groups in total. The first-order valence-electron chi connectivity index (χ1n) is 5.40. The average Bonchev–Trinajstić information content (AvgIpc) is 2.38. The van der Waals surface area contributed by atoms with Crippen molar-refractivity contribution in [2.24, 2.45) is 0 Å². The van der Waals surface area contributed by atoms with Gasteiger partial charge in [-0.2, -0.15) is 16.2 Å². The maximum Gasteiger partial charge on any atom is 0.304 e. The van der Waals surface area contributed by atoms with Crippen LogP contribution in [0.4, 0.5) is 10.1 Å². The Morgan fingerprint density at radius 3 is 2.61 bits per heavy atom. The zero-order chi connectivity index (χ0) is 13.1. The Bertz CT molecular complexity index is 489. The molecule has 1 heterocycles. The molecule has 1 amide bonds. The lowest BCUT2D eigenvalue weighted by molar-refractivity contribution is -0.387. The number of benzene rings is 1. The van der Waals surface area contributed by atoms with Crippen LogP contribution in [0.1, 0.15) is 10.4 Å². The number of rotatable bonds is 2. The maximum atomic E-state index is 13.4. The second-order valence-corrected chi connectivity index (χ2v) is 5.05. The highest BCUT2D eigenvalue weighted by atomic mass is 32.2. The van der Waals surface area contributed by atoms with Gasteiger partial charge in [-0.1, -0.05) is 0 Å². The van der Waals surface area contributed by atoms with Crippen molar-refractivity contribution in [3.05, 3.63) is 39.7 Å². The van der Waals surface area contributed by atoms with E-state index in [1.54, 1.807) is 16.7 Å². The number of halogens is 1. The monoisotopic (exact) mass is 270 g/mol. The fraction of sp³-hybridized carbons (Fsp3) is 0.364. The molecule has 1 saturated heterocycles. The van der Waals surface area contributed by atoms with E-state index in [0.29, 0.717) is 13.1 Å². The van der Waals surface area contributed by atoms with E-state index in [2.05, 4.69) is 0 Å². The number of amides is 1. The summed E-state index contributed by atoms with van der Waals surface area (Å²) in [6.45, 7) is 1.25. The summed E-state index contributed by atoms with van der Waals surface area (Å²) < 4.78 is 13.4. The topological polar surface area (TPSA) is 63.4 Å². The van der Waals surface area contributed by atoms with E-state index in [1.807, 2.05) is 0 Å². The zero-order valence-corrected chi connectivity index (χ0v) is 10.3. The largest absolute Gasteiger partial charge is 0.337 e. The Morgan fingerprint density at radius 2 is 2.06 bits per heavy atom. The summed E-state index contributed by atoms with van der Waals surface area (Å²) in [6, 6.07) is 3.26. The minimum atomic E-state index is -0.975. The van der Waals surface area contributed by atoms with Gasteiger partial charge >= 0.3 is 5.69 Å². The van der Waals surface area contributed by atoms with Crippen LogP contribution >= 0.6 is 11.8 Å². The Labute approximate surface area is 107 Å². The van der Waals surface area contributed by atoms with Crippen LogP contribution in [0, 0.1) is 15.9 Å². The van der Waals surface area contributed by atoms with Crippen LogP contribution in [0.25, 0.3) is 0 Å². The summed E-state index contributed by atoms with van der Waals surface area (Å²) in [6.07, 6.45) is 0. The standard InChI is InChI=1S/C11H11FN2O3S/c12-9-7-8(1-2-10(9)14(16)17)11(15)13-3-5-18-6-4-13/h1-2,7H,3-6H2. The molecule has 0 aromatic heterocycles. The molecule has 0 bridgehead atoms. The first-order valence-corrected chi connectivity index (χ1v) is 6.56. The lowest BCUT2D eigenvalue weighted by atomic mass is 10.1. The highest BCUT2D eigenvalue weighted by molar-refractivity contribution is 7.99. The molecule has 0 atom stereocenters. The van der Waals surface area contributed by atoms with Crippen molar-refractivity contribution >= 4 is 23.4 Å². The fourth-order valence-electron chi connectivity index (χ4n) is 1.74. The summed E-state index contributed by atoms with van der Waals surface area (Å²) >= 11 is 1.76. The molecule has 18 heavy (non-hydrogen) atoms. The van der Waals surface area contributed by atoms with Gasteiger partial charge in [-0.25, -0.2) is 0 Å². The predicted molar refractivity (Wildman–Crippen MR) is 66.3 cm³/mol. The molecule has 0 unspecified atom stereocenters. The fourth-order valence-corrected chi connectivity index (χ4v) is 2.64. The maximum absolute atomic E-state index is 13.4. The molecular weight excluding hydrogens is 259 g/mol. The Balaban J connectivity index is 2.20. The molecule has 2 rings (SSSR count). The van der Waals surface area contributed by atoms with Gasteiger partial charge in [-0.05, 0) is 12.1 Å². The SMILES string of the molecule is O=C(c1ccc([N+](=O)[O-])c(F)c1)N1CCSCC1. The zero-order valence-electron chi connectivity index (χ0n) is 9.47. The lowest BCUT2D eigenvalue weighted by Gasteiger charge is -2.26. The van der Waals surface area contributed by atoms with E-state index in [1.165, 1.54) is 6.07 Å². The van der Waals surface area contributed by atoms with Gasteiger partial charge in [0.1, 0.15) is 0 Å². The molecule has 0 saturated carbocycles. The van der Waals surface area contributed by atoms with Gasteiger partial charge < -0.3 is 4.90 Å². The van der Waals surface area contributed by atoms with Crippen molar-refractivity contribution < 1.29 is 14.1 Å². The van der Waals surface area contributed by atoms with Crippen molar-refractivity contribution in [1.29, 1.82) is 0 Å². The molecule has 5 nitrogen and oxygen atoms in total. The Morgan fingerprint density at radius 1 is 1.39 bits per heavy atom. The van der Waals surface area contributed by atoms with Crippen molar-refractivity contribution in [3.63, 3.8) is 0 Å². The number of carbonyl (C=O) groups is 1. The van der Waals surface area contributed by atoms with Gasteiger partial charge in [0.25, 0.3) is 5.91 Å². The quantitative estimate of drug-likeness (QED) is 0.608. The Kier molecular flexibility index (Phi) is 3.81. The summed E-state index contributed by atoms with van der Waals surface area (Å²) in [5.74, 6) is 0.476. The molecule has 0 radical (unpaired) electrons. The molecule has 7 heteroatoms. The molecule has 96 valence electrons. The van der Waals surface area contributed by atoms with Crippen LogP contribution in [-0.4, -0.2) is 40.3 Å². The highest BCUT2D eigenvalue weighted by Crippen LogP contribution is 2.20. The van der Waals surface area contributed by atoms with Crippen molar-refractivity contribution in [2.75, 3.05) is 24.6 Å². The van der Waals surface area contributed by atoms with Crippen molar-refractivity contribution in [1.82, 2.24) is 4.90 Å². The molecule has 1 aromatic rings. The molecule has 1 aliphatic rings. The molecule has 1 fully saturated rings. The number of hydrogen-bond donors (Lipinski definition) is 0. The molecular formula is C11H11FN2O3S. The van der Waals surface area contributed by atoms with E-state index in [0.717, 1.165) is 23.6 Å². The molecule has 0 spiro atoms. The summed E-state index contributed by atoms with van der Waals surface area (Å²) in [5, 5.41) is 10.5. The minimum absolute atomic E-state index is 0.157. The number of thioether (sulfide) groups is 1. The van der Waals surface area contributed by atoms with E-state index in [-0.39, 0.29) is 11.5 Å². The molecule has 0 aliphatic carbocycles. The van der Waals surface area contributed by atoms with Crippen LogP contribution in [0.5, 0.6) is 0 Å². The minimum Gasteiger partial charge on any atom is -0.337 e. The smallest absolute Gasteiger partial charge is 0.304 e. The second kappa shape index (κ2) is 5.34. The van der Waals surface area contributed by atoms with Crippen LogP contribution in [0.3, 0.4) is 0 Å². The summed E-state index contributed by atoms with van der Waals surface area (Å²) in [7, 11) is 0. The van der Waals surface area contributed by atoms with Crippen LogP contribution in [0.15, 0.2) is 18.2 Å². The third-order valence-corrected chi connectivity index (χ3v) is 3.63. The third-order valence-electron chi connectivity index (χ3n) is 2.69. The summed E-state index contributed by atoms with van der Waals surface area (Å²) in [4.78, 5) is 23.3. The van der Waals surface area contributed by atoms with E-state index < -0.39 is 16.4 Å². The molecule has 1 aromatic carbocycles. The summed E-state index contributed by atoms with van der Waals surface area (Å²) in [5.41, 5.74) is -0.453. The van der Waals surface area contributed by atoms with E-state index >= 15 is 0 Å². The first-order chi connectivity index (χ1) is 8.59. The van der Waals surface area contributed by atoms with Crippen LogP contribution in [0.2, 0.25) is 0 Å². The highest BCUT2D eigenvalue weighted by Gasteiger charge is 2.21. The normalized spacial score (nSPS) is 15.5. The molecule has 1 aliphatic heterocycles. The second-order valence-electron chi connectivity index (χ2n) is 3.83. The van der Waals surface area contributed by atoms with Crippen LogP contribution in [-0.2, 0) is 0 Å². The first kappa shape index (κ1) is 12.8. The Hall–Kier alpha value is -1.63. The van der Waals surface area contributed by atoms with Gasteiger partial charge in [0.05, 0.1) is 4.92 Å². The van der Waals surface area contributed by atoms with Crippen LogP contribution < -0.4 is 0 Å². The number of hydrogen-bond acceptors (Lipinski definition) is 4.